The summed E-state index contributed by atoms with van der Waals surface area (Å²) in [6, 6.07) is 4.19. The highest BCUT2D eigenvalue weighted by atomic mass is 16.4. The average molecular weight is 250 g/mol. The smallest absolute Gasteiger partial charge is 0.322 e. The van der Waals surface area contributed by atoms with E-state index in [0.29, 0.717) is 0 Å². The topological polar surface area (TPSA) is 89.3 Å². The number of carboxylic acid groups (broad SMARTS) is 1. The fraction of sp³-hybridized carbons (Fsp3) is 0.500. The van der Waals surface area contributed by atoms with Crippen LogP contribution in [0.5, 0.6) is 0 Å². The molecule has 0 saturated carbocycles. The molecule has 0 amide bonds. The van der Waals surface area contributed by atoms with Gasteiger partial charge >= 0.3 is 5.97 Å². The Labute approximate surface area is 108 Å². The van der Waals surface area contributed by atoms with Gasteiger partial charge in [0, 0.05) is 0 Å². The van der Waals surface area contributed by atoms with E-state index in [9.17, 15) is 4.79 Å². The fourth-order valence-corrected chi connectivity index (χ4v) is 1.81. The minimum Gasteiger partial charge on any atom is -0.480 e. The number of carbonyl (C=O) groups is 1. The molecule has 0 aliphatic carbocycles. The van der Waals surface area contributed by atoms with Crippen molar-refractivity contribution in [3.05, 3.63) is 34.9 Å². The summed E-state index contributed by atoms with van der Waals surface area (Å²) in [4.78, 5) is 10.9. The van der Waals surface area contributed by atoms with Crippen LogP contribution in [0.2, 0.25) is 0 Å². The number of rotatable bonds is 3. The molecule has 4 nitrogen and oxygen atoms in total. The van der Waals surface area contributed by atoms with Crippen LogP contribution in [0.1, 0.15) is 43.5 Å². The van der Waals surface area contributed by atoms with Crippen LogP contribution in [0.15, 0.2) is 18.2 Å². The highest BCUT2D eigenvalue weighted by Crippen LogP contribution is 2.27. The predicted octanol–water partition coefficient (Wildman–Crippen LogP) is 1.70. The van der Waals surface area contributed by atoms with E-state index in [1.165, 1.54) is 0 Å². The molecular weight excluding hydrogens is 228 g/mol. The molecule has 5 N–H and O–H groups in total. The maximum atomic E-state index is 10.9. The third-order valence-electron chi connectivity index (χ3n) is 3.18. The number of carboxylic acids is 1. The van der Waals surface area contributed by atoms with Gasteiger partial charge in [0.05, 0.1) is 6.04 Å². The Morgan fingerprint density at radius 3 is 2.28 bits per heavy atom. The molecule has 0 aliphatic rings. The summed E-state index contributed by atoms with van der Waals surface area (Å²) >= 11 is 0. The summed E-state index contributed by atoms with van der Waals surface area (Å²) in [7, 11) is 0. The SMILES string of the molecule is Cc1ccc(C(C)(C)C)cc1C(N)C(N)C(=O)O. The van der Waals surface area contributed by atoms with E-state index < -0.39 is 18.1 Å². The normalized spacial score (nSPS) is 15.2. The van der Waals surface area contributed by atoms with Gasteiger partial charge in [-0.2, -0.15) is 0 Å². The number of hydrogen-bond donors (Lipinski definition) is 3. The summed E-state index contributed by atoms with van der Waals surface area (Å²) in [5.41, 5.74) is 14.4. The Hall–Kier alpha value is -1.39. The first-order chi connectivity index (χ1) is 8.14. The van der Waals surface area contributed by atoms with Gasteiger partial charge in [0.1, 0.15) is 6.04 Å². The van der Waals surface area contributed by atoms with Crippen molar-refractivity contribution in [3.63, 3.8) is 0 Å². The first-order valence-electron chi connectivity index (χ1n) is 5.99. The van der Waals surface area contributed by atoms with Crippen molar-refractivity contribution in [2.75, 3.05) is 0 Å². The van der Waals surface area contributed by atoms with Crippen LogP contribution in [-0.2, 0) is 10.2 Å². The first-order valence-corrected chi connectivity index (χ1v) is 5.99. The Balaban J connectivity index is 3.20. The molecule has 4 heteroatoms. The largest absolute Gasteiger partial charge is 0.480 e. The molecule has 0 spiro atoms. The van der Waals surface area contributed by atoms with Crippen LogP contribution in [0.4, 0.5) is 0 Å². The molecule has 1 rings (SSSR count). The van der Waals surface area contributed by atoms with Gasteiger partial charge < -0.3 is 16.6 Å². The lowest BCUT2D eigenvalue weighted by Crippen LogP contribution is -2.41. The Kier molecular flexibility index (Phi) is 4.14. The molecule has 0 fully saturated rings. The van der Waals surface area contributed by atoms with Crippen LogP contribution in [0.25, 0.3) is 0 Å². The van der Waals surface area contributed by atoms with E-state index in [-0.39, 0.29) is 5.41 Å². The van der Waals surface area contributed by atoms with Crippen molar-refractivity contribution >= 4 is 5.97 Å². The van der Waals surface area contributed by atoms with Gasteiger partial charge in [-0.1, -0.05) is 39.0 Å². The Bertz CT molecular complexity index is 450. The second-order valence-electron chi connectivity index (χ2n) is 5.71. The monoisotopic (exact) mass is 250 g/mol. The lowest BCUT2D eigenvalue weighted by molar-refractivity contribution is -0.139. The number of benzene rings is 1. The van der Waals surface area contributed by atoms with Gasteiger partial charge in [0.25, 0.3) is 0 Å². The van der Waals surface area contributed by atoms with E-state index in [0.717, 1.165) is 16.7 Å². The van der Waals surface area contributed by atoms with Gasteiger partial charge in [0.2, 0.25) is 0 Å². The second kappa shape index (κ2) is 5.08. The van der Waals surface area contributed by atoms with Crippen molar-refractivity contribution in [1.29, 1.82) is 0 Å². The van der Waals surface area contributed by atoms with Gasteiger partial charge in [0.15, 0.2) is 0 Å². The molecule has 2 atom stereocenters. The van der Waals surface area contributed by atoms with E-state index >= 15 is 0 Å². The number of nitrogens with two attached hydrogens (primary N) is 2. The summed E-state index contributed by atoms with van der Waals surface area (Å²) < 4.78 is 0. The number of aryl methyl sites for hydroxylation is 1. The van der Waals surface area contributed by atoms with E-state index in [1.807, 2.05) is 25.1 Å². The summed E-state index contributed by atoms with van der Waals surface area (Å²) in [5.74, 6) is -1.08. The number of aliphatic carboxylic acids is 1. The maximum absolute atomic E-state index is 10.9. The van der Waals surface area contributed by atoms with Gasteiger partial charge in [-0.3, -0.25) is 4.79 Å². The van der Waals surface area contributed by atoms with Gasteiger partial charge in [-0.25, -0.2) is 0 Å². The van der Waals surface area contributed by atoms with Crippen molar-refractivity contribution in [2.45, 2.75) is 45.2 Å². The zero-order valence-electron chi connectivity index (χ0n) is 11.4. The molecule has 1 aromatic carbocycles. The van der Waals surface area contributed by atoms with Crippen molar-refractivity contribution in [1.82, 2.24) is 0 Å². The summed E-state index contributed by atoms with van der Waals surface area (Å²) in [6.45, 7) is 8.22. The third-order valence-corrected chi connectivity index (χ3v) is 3.18. The van der Waals surface area contributed by atoms with Crippen LogP contribution < -0.4 is 11.5 Å². The number of hydrogen-bond acceptors (Lipinski definition) is 3. The van der Waals surface area contributed by atoms with Crippen molar-refractivity contribution < 1.29 is 9.90 Å². The zero-order chi connectivity index (χ0) is 14.1. The van der Waals surface area contributed by atoms with Crippen LogP contribution in [-0.4, -0.2) is 17.1 Å². The standard InChI is InChI=1S/C14H22N2O2/c1-8-5-6-9(14(2,3)4)7-10(8)11(15)12(16)13(17)18/h5-7,11-12H,15-16H2,1-4H3,(H,17,18). The Morgan fingerprint density at radius 2 is 1.83 bits per heavy atom. The zero-order valence-corrected chi connectivity index (χ0v) is 11.4. The molecule has 100 valence electrons. The fourth-order valence-electron chi connectivity index (χ4n) is 1.81. The van der Waals surface area contributed by atoms with E-state index in [4.69, 9.17) is 16.6 Å². The van der Waals surface area contributed by atoms with Crippen LogP contribution in [0, 0.1) is 6.92 Å². The van der Waals surface area contributed by atoms with Crippen molar-refractivity contribution in [2.24, 2.45) is 11.5 Å². The second-order valence-corrected chi connectivity index (χ2v) is 5.71. The Morgan fingerprint density at radius 1 is 1.28 bits per heavy atom. The third kappa shape index (κ3) is 3.09. The van der Waals surface area contributed by atoms with Gasteiger partial charge in [-0.15, -0.1) is 0 Å². The summed E-state index contributed by atoms with van der Waals surface area (Å²) in [6.07, 6.45) is 0. The highest BCUT2D eigenvalue weighted by molar-refractivity contribution is 5.74. The molecule has 0 heterocycles. The maximum Gasteiger partial charge on any atom is 0.322 e. The molecule has 0 bridgehead atoms. The van der Waals surface area contributed by atoms with Crippen LogP contribution in [0.3, 0.4) is 0 Å². The lowest BCUT2D eigenvalue weighted by atomic mass is 9.83. The quantitative estimate of drug-likeness (QED) is 0.761. The molecular formula is C14H22N2O2. The molecule has 18 heavy (non-hydrogen) atoms. The summed E-state index contributed by atoms with van der Waals surface area (Å²) in [5, 5.41) is 8.93. The van der Waals surface area contributed by atoms with E-state index in [1.54, 1.807) is 0 Å². The van der Waals surface area contributed by atoms with Crippen LogP contribution >= 0.6 is 0 Å². The van der Waals surface area contributed by atoms with Crippen molar-refractivity contribution in [3.8, 4) is 0 Å². The average Bonchev–Trinajstić information content (AvgIpc) is 2.26. The molecule has 0 saturated heterocycles. The molecule has 0 aliphatic heterocycles. The predicted molar refractivity (Wildman–Crippen MR) is 72.4 cm³/mol. The minimum absolute atomic E-state index is 0.00448. The highest BCUT2D eigenvalue weighted by Gasteiger charge is 2.25. The molecule has 0 radical (unpaired) electrons. The molecule has 2 unspecified atom stereocenters. The molecule has 0 aromatic heterocycles. The van der Waals surface area contributed by atoms with Gasteiger partial charge in [-0.05, 0) is 29.0 Å². The lowest BCUT2D eigenvalue weighted by Gasteiger charge is -2.24. The molecule has 1 aromatic rings. The first kappa shape index (κ1) is 14.7. The van der Waals surface area contributed by atoms with E-state index in [2.05, 4.69) is 20.8 Å². The minimum atomic E-state index is -1.08.